The van der Waals surface area contributed by atoms with Crippen LogP contribution in [0.2, 0.25) is 0 Å². The van der Waals surface area contributed by atoms with Crippen LogP contribution in [0.1, 0.15) is 5.56 Å². The molecule has 0 spiro atoms. The summed E-state index contributed by atoms with van der Waals surface area (Å²) < 4.78 is 5.35. The van der Waals surface area contributed by atoms with E-state index in [1.54, 1.807) is 12.4 Å². The zero-order valence-electron chi connectivity index (χ0n) is 6.50. The van der Waals surface area contributed by atoms with Crippen molar-refractivity contribution >= 4 is 5.69 Å². The Balaban J connectivity index is 2.53. The van der Waals surface area contributed by atoms with Crippen molar-refractivity contribution in [2.45, 2.75) is 0 Å². The Bertz CT molecular complexity index is 341. The molecule has 1 aliphatic heterocycles. The standard InChI is InChI=1S/C9H8N2O/c1-2-7-5-10-6-8-9(7)11-3-4-12-8/h1,5-6,11H,3-4H2. The minimum atomic E-state index is 0.669. The lowest BCUT2D eigenvalue weighted by atomic mass is 10.2. The SMILES string of the molecule is C#Cc1cncc2c1NCCO2. The Hall–Kier alpha value is -1.69. The summed E-state index contributed by atoms with van der Waals surface area (Å²) in [4.78, 5) is 3.96. The first kappa shape index (κ1) is 6.99. The lowest BCUT2D eigenvalue weighted by molar-refractivity contribution is 0.322. The molecule has 60 valence electrons. The molecule has 0 saturated heterocycles. The number of terminal acetylenes is 1. The third-order valence-electron chi connectivity index (χ3n) is 1.73. The van der Waals surface area contributed by atoms with Gasteiger partial charge in [-0.05, 0) is 0 Å². The van der Waals surface area contributed by atoms with Gasteiger partial charge in [-0.15, -0.1) is 6.42 Å². The highest BCUT2D eigenvalue weighted by Gasteiger charge is 2.12. The van der Waals surface area contributed by atoms with Crippen molar-refractivity contribution in [3.8, 4) is 18.1 Å². The number of hydrogen-bond donors (Lipinski definition) is 1. The highest BCUT2D eigenvalue weighted by molar-refractivity contribution is 5.66. The van der Waals surface area contributed by atoms with E-state index in [1.807, 2.05) is 0 Å². The molecule has 0 radical (unpaired) electrons. The van der Waals surface area contributed by atoms with E-state index in [0.29, 0.717) is 6.61 Å². The molecule has 1 aromatic heterocycles. The van der Waals surface area contributed by atoms with E-state index >= 15 is 0 Å². The average molecular weight is 160 g/mol. The first-order valence-electron chi connectivity index (χ1n) is 3.73. The Morgan fingerprint density at radius 2 is 2.50 bits per heavy atom. The normalized spacial score (nSPS) is 13.6. The Kier molecular flexibility index (Phi) is 1.60. The summed E-state index contributed by atoms with van der Waals surface area (Å²) in [6.45, 7) is 1.47. The topological polar surface area (TPSA) is 34.2 Å². The number of aromatic nitrogens is 1. The van der Waals surface area contributed by atoms with Crippen molar-refractivity contribution in [3.05, 3.63) is 18.0 Å². The van der Waals surface area contributed by atoms with Crippen LogP contribution in [-0.4, -0.2) is 18.1 Å². The fourth-order valence-corrected chi connectivity index (χ4v) is 1.18. The van der Waals surface area contributed by atoms with E-state index < -0.39 is 0 Å². The molecule has 0 unspecified atom stereocenters. The molecule has 3 nitrogen and oxygen atoms in total. The van der Waals surface area contributed by atoms with Gasteiger partial charge in [0.25, 0.3) is 0 Å². The molecule has 0 bridgehead atoms. The number of ether oxygens (including phenoxy) is 1. The van der Waals surface area contributed by atoms with Gasteiger partial charge in [0.2, 0.25) is 0 Å². The van der Waals surface area contributed by atoms with Crippen LogP contribution in [0.4, 0.5) is 5.69 Å². The van der Waals surface area contributed by atoms with E-state index in [9.17, 15) is 0 Å². The summed E-state index contributed by atoms with van der Waals surface area (Å²) in [6.07, 6.45) is 8.61. The van der Waals surface area contributed by atoms with Crippen molar-refractivity contribution in [2.24, 2.45) is 0 Å². The van der Waals surface area contributed by atoms with Crippen molar-refractivity contribution in [2.75, 3.05) is 18.5 Å². The summed E-state index contributed by atoms with van der Waals surface area (Å²) in [6, 6.07) is 0. The number of pyridine rings is 1. The van der Waals surface area contributed by atoms with Gasteiger partial charge in [0.05, 0.1) is 17.4 Å². The van der Waals surface area contributed by atoms with Gasteiger partial charge in [-0.2, -0.15) is 0 Å². The summed E-state index contributed by atoms with van der Waals surface area (Å²) in [5.41, 5.74) is 1.64. The number of hydrogen-bond acceptors (Lipinski definition) is 3. The maximum absolute atomic E-state index is 5.35. The second-order valence-electron chi connectivity index (χ2n) is 2.48. The van der Waals surface area contributed by atoms with Gasteiger partial charge in [-0.25, -0.2) is 0 Å². The van der Waals surface area contributed by atoms with Crippen molar-refractivity contribution in [1.82, 2.24) is 4.98 Å². The molecule has 0 amide bonds. The molecule has 0 atom stereocenters. The minimum absolute atomic E-state index is 0.669. The fraction of sp³-hybridized carbons (Fsp3) is 0.222. The molecule has 1 aromatic rings. The Labute approximate surface area is 70.8 Å². The summed E-state index contributed by atoms with van der Waals surface area (Å²) in [7, 11) is 0. The maximum Gasteiger partial charge on any atom is 0.162 e. The van der Waals surface area contributed by atoms with Gasteiger partial charge in [0.15, 0.2) is 5.75 Å². The molecule has 0 saturated carbocycles. The van der Waals surface area contributed by atoms with Crippen molar-refractivity contribution < 1.29 is 4.74 Å². The quantitative estimate of drug-likeness (QED) is 0.572. The molecule has 0 aliphatic carbocycles. The third kappa shape index (κ3) is 0.978. The second-order valence-corrected chi connectivity index (χ2v) is 2.48. The van der Waals surface area contributed by atoms with Gasteiger partial charge in [0.1, 0.15) is 6.61 Å². The summed E-state index contributed by atoms with van der Waals surface area (Å²) in [5.74, 6) is 3.30. The first-order chi connectivity index (χ1) is 5.92. The molecule has 0 aromatic carbocycles. The maximum atomic E-state index is 5.35. The predicted molar refractivity (Wildman–Crippen MR) is 46.2 cm³/mol. The van der Waals surface area contributed by atoms with E-state index in [-0.39, 0.29) is 0 Å². The van der Waals surface area contributed by atoms with Crippen LogP contribution in [0.5, 0.6) is 5.75 Å². The lowest BCUT2D eigenvalue weighted by Gasteiger charge is -2.19. The van der Waals surface area contributed by atoms with Crippen molar-refractivity contribution in [1.29, 1.82) is 0 Å². The lowest BCUT2D eigenvalue weighted by Crippen LogP contribution is -2.19. The molecule has 0 fully saturated rings. The van der Waals surface area contributed by atoms with E-state index in [0.717, 1.165) is 23.5 Å². The van der Waals surface area contributed by atoms with Crippen LogP contribution in [0, 0.1) is 12.3 Å². The number of nitrogens with one attached hydrogen (secondary N) is 1. The minimum Gasteiger partial charge on any atom is -0.488 e. The van der Waals surface area contributed by atoms with Crippen LogP contribution in [0.15, 0.2) is 12.4 Å². The zero-order chi connectivity index (χ0) is 8.39. The largest absolute Gasteiger partial charge is 0.488 e. The van der Waals surface area contributed by atoms with Gasteiger partial charge < -0.3 is 10.1 Å². The molecular weight excluding hydrogens is 152 g/mol. The van der Waals surface area contributed by atoms with Crippen LogP contribution in [0.25, 0.3) is 0 Å². The average Bonchev–Trinajstić information content (AvgIpc) is 2.17. The van der Waals surface area contributed by atoms with E-state index in [4.69, 9.17) is 11.2 Å². The zero-order valence-corrected chi connectivity index (χ0v) is 6.50. The second kappa shape index (κ2) is 2.74. The number of anilines is 1. The fourth-order valence-electron chi connectivity index (χ4n) is 1.18. The molecule has 2 rings (SSSR count). The van der Waals surface area contributed by atoms with Gasteiger partial charge in [-0.3, -0.25) is 4.98 Å². The van der Waals surface area contributed by atoms with Gasteiger partial charge in [0, 0.05) is 12.7 Å². The smallest absolute Gasteiger partial charge is 0.162 e. The highest BCUT2D eigenvalue weighted by Crippen LogP contribution is 2.28. The summed E-state index contributed by atoms with van der Waals surface area (Å²) in [5, 5.41) is 3.17. The van der Waals surface area contributed by atoms with Crippen LogP contribution >= 0.6 is 0 Å². The number of nitrogens with zero attached hydrogens (tertiary/aromatic N) is 1. The van der Waals surface area contributed by atoms with Crippen LogP contribution in [0.3, 0.4) is 0 Å². The predicted octanol–water partition coefficient (Wildman–Crippen LogP) is 0.867. The molecule has 1 aliphatic rings. The summed E-state index contributed by atoms with van der Waals surface area (Å²) >= 11 is 0. The first-order valence-corrected chi connectivity index (χ1v) is 3.73. The van der Waals surface area contributed by atoms with Crippen LogP contribution < -0.4 is 10.1 Å². The number of rotatable bonds is 0. The molecule has 2 heterocycles. The molecular formula is C9H8N2O. The van der Waals surface area contributed by atoms with E-state index in [1.165, 1.54) is 0 Å². The van der Waals surface area contributed by atoms with Crippen molar-refractivity contribution in [3.63, 3.8) is 0 Å². The number of fused-ring (bicyclic) bond motifs is 1. The highest BCUT2D eigenvalue weighted by atomic mass is 16.5. The molecule has 1 N–H and O–H groups in total. The van der Waals surface area contributed by atoms with Gasteiger partial charge >= 0.3 is 0 Å². The molecule has 12 heavy (non-hydrogen) atoms. The van der Waals surface area contributed by atoms with Gasteiger partial charge in [-0.1, -0.05) is 5.92 Å². The molecule has 3 heteroatoms. The Morgan fingerprint density at radius 3 is 3.33 bits per heavy atom. The van der Waals surface area contributed by atoms with Crippen LogP contribution in [-0.2, 0) is 0 Å². The Morgan fingerprint density at radius 1 is 1.58 bits per heavy atom. The monoisotopic (exact) mass is 160 g/mol. The third-order valence-corrected chi connectivity index (χ3v) is 1.73. The van der Waals surface area contributed by atoms with E-state index in [2.05, 4.69) is 16.2 Å².